The number of rotatable bonds is 1. The van der Waals surface area contributed by atoms with E-state index in [0.717, 1.165) is 12.1 Å². The standard InChI is InChI=1S/C10H12N2.C2H6/c1-3-9-7-8-5-4-6-11-10(8)12(9)2;1-2/h4-7H,3H2,1-2H3;1-2H3. The van der Waals surface area contributed by atoms with Crippen LogP contribution in [0.2, 0.25) is 0 Å². The molecular formula is C12H18N2. The first kappa shape index (κ1) is 10.8. The molecule has 0 aliphatic rings. The van der Waals surface area contributed by atoms with Crippen molar-refractivity contribution in [2.45, 2.75) is 27.2 Å². The van der Waals surface area contributed by atoms with Crippen LogP contribution in [0.1, 0.15) is 26.5 Å². The zero-order chi connectivity index (χ0) is 10.6. The van der Waals surface area contributed by atoms with Gasteiger partial charge >= 0.3 is 0 Å². The van der Waals surface area contributed by atoms with Crippen LogP contribution in [0, 0.1) is 0 Å². The molecule has 2 heterocycles. The highest BCUT2D eigenvalue weighted by molar-refractivity contribution is 5.77. The normalized spacial score (nSPS) is 9.71. The van der Waals surface area contributed by atoms with E-state index in [4.69, 9.17) is 0 Å². The fourth-order valence-electron chi connectivity index (χ4n) is 1.55. The van der Waals surface area contributed by atoms with Crippen molar-refractivity contribution in [1.82, 2.24) is 9.55 Å². The van der Waals surface area contributed by atoms with Crippen LogP contribution in [-0.2, 0) is 13.5 Å². The van der Waals surface area contributed by atoms with E-state index in [2.05, 4.69) is 35.7 Å². The first-order chi connectivity index (χ1) is 6.83. The maximum Gasteiger partial charge on any atom is 0.139 e. The van der Waals surface area contributed by atoms with E-state index >= 15 is 0 Å². The first-order valence-corrected chi connectivity index (χ1v) is 5.22. The zero-order valence-electron chi connectivity index (χ0n) is 9.41. The number of fused-ring (bicyclic) bond motifs is 1. The Bertz CT molecular complexity index is 402. The first-order valence-electron chi connectivity index (χ1n) is 5.22. The zero-order valence-corrected chi connectivity index (χ0v) is 9.41. The minimum absolute atomic E-state index is 1.06. The van der Waals surface area contributed by atoms with E-state index in [1.54, 1.807) is 0 Å². The summed E-state index contributed by atoms with van der Waals surface area (Å²) in [7, 11) is 2.06. The molecule has 2 aromatic heterocycles. The van der Waals surface area contributed by atoms with Crippen molar-refractivity contribution in [3.63, 3.8) is 0 Å². The fraction of sp³-hybridized carbons (Fsp3) is 0.417. The summed E-state index contributed by atoms with van der Waals surface area (Å²) < 4.78 is 2.15. The van der Waals surface area contributed by atoms with E-state index in [-0.39, 0.29) is 0 Å². The molecule has 0 unspecified atom stereocenters. The fourth-order valence-corrected chi connectivity index (χ4v) is 1.55. The highest BCUT2D eigenvalue weighted by Gasteiger charge is 2.02. The van der Waals surface area contributed by atoms with E-state index in [1.807, 2.05) is 26.1 Å². The van der Waals surface area contributed by atoms with Crippen molar-refractivity contribution >= 4 is 11.0 Å². The number of pyridine rings is 1. The van der Waals surface area contributed by atoms with Gasteiger partial charge in [-0.2, -0.15) is 0 Å². The second kappa shape index (κ2) is 4.80. The predicted octanol–water partition coefficient (Wildman–Crippen LogP) is 3.16. The highest BCUT2D eigenvalue weighted by Crippen LogP contribution is 2.15. The van der Waals surface area contributed by atoms with Gasteiger partial charge in [-0.25, -0.2) is 4.98 Å². The van der Waals surface area contributed by atoms with Gasteiger partial charge in [-0.3, -0.25) is 0 Å². The predicted molar refractivity (Wildman–Crippen MR) is 61.4 cm³/mol. The quantitative estimate of drug-likeness (QED) is 0.675. The lowest BCUT2D eigenvalue weighted by Crippen LogP contribution is -1.94. The molecule has 0 bridgehead atoms. The Hall–Kier alpha value is -1.31. The molecule has 0 aliphatic carbocycles. The number of hydrogen-bond acceptors (Lipinski definition) is 1. The van der Waals surface area contributed by atoms with Crippen LogP contribution in [0.5, 0.6) is 0 Å². The highest BCUT2D eigenvalue weighted by atomic mass is 15.0. The van der Waals surface area contributed by atoms with Crippen LogP contribution in [-0.4, -0.2) is 9.55 Å². The molecule has 0 atom stereocenters. The molecule has 14 heavy (non-hydrogen) atoms. The molecule has 2 aromatic rings. The van der Waals surface area contributed by atoms with Crippen molar-refractivity contribution in [1.29, 1.82) is 0 Å². The average Bonchev–Trinajstić information content (AvgIpc) is 2.59. The molecule has 0 aromatic carbocycles. The van der Waals surface area contributed by atoms with Crippen molar-refractivity contribution in [3.8, 4) is 0 Å². The Morgan fingerprint density at radius 2 is 2.07 bits per heavy atom. The van der Waals surface area contributed by atoms with Gasteiger partial charge in [0.05, 0.1) is 0 Å². The Labute approximate surface area is 85.6 Å². The summed E-state index contributed by atoms with van der Waals surface area (Å²) in [6, 6.07) is 6.27. The smallest absolute Gasteiger partial charge is 0.139 e. The molecule has 0 amide bonds. The molecular weight excluding hydrogens is 172 g/mol. The van der Waals surface area contributed by atoms with Gasteiger partial charge in [0.25, 0.3) is 0 Å². The summed E-state index contributed by atoms with van der Waals surface area (Å²) >= 11 is 0. The molecule has 0 aliphatic heterocycles. The van der Waals surface area contributed by atoms with Gasteiger partial charge in [0.1, 0.15) is 5.65 Å². The third-order valence-electron chi connectivity index (χ3n) is 2.25. The lowest BCUT2D eigenvalue weighted by Gasteiger charge is -1.98. The van der Waals surface area contributed by atoms with Gasteiger partial charge in [0, 0.05) is 24.3 Å². The van der Waals surface area contributed by atoms with Crippen LogP contribution < -0.4 is 0 Å². The summed E-state index contributed by atoms with van der Waals surface area (Å²) in [6.07, 6.45) is 2.90. The molecule has 2 heteroatoms. The minimum atomic E-state index is 1.06. The molecule has 2 rings (SSSR count). The summed E-state index contributed by atoms with van der Waals surface area (Å²) in [6.45, 7) is 6.16. The Kier molecular flexibility index (Phi) is 3.69. The molecule has 0 radical (unpaired) electrons. The maximum absolute atomic E-state index is 4.31. The third kappa shape index (κ3) is 1.79. The Morgan fingerprint density at radius 1 is 1.36 bits per heavy atom. The lowest BCUT2D eigenvalue weighted by molar-refractivity contribution is 0.854. The molecule has 0 N–H and O–H groups in total. The summed E-state index contributed by atoms with van der Waals surface area (Å²) in [5, 5.41) is 1.23. The summed E-state index contributed by atoms with van der Waals surface area (Å²) in [5.41, 5.74) is 2.41. The minimum Gasteiger partial charge on any atom is -0.333 e. The average molecular weight is 190 g/mol. The van der Waals surface area contributed by atoms with Gasteiger partial charge in [0.15, 0.2) is 0 Å². The molecule has 0 spiro atoms. The third-order valence-corrected chi connectivity index (χ3v) is 2.25. The van der Waals surface area contributed by atoms with Gasteiger partial charge in [-0.15, -0.1) is 0 Å². The second-order valence-corrected chi connectivity index (χ2v) is 2.96. The Balaban J connectivity index is 0.000000461. The van der Waals surface area contributed by atoms with Crippen LogP contribution in [0.3, 0.4) is 0 Å². The molecule has 0 saturated carbocycles. The molecule has 0 saturated heterocycles. The molecule has 2 nitrogen and oxygen atoms in total. The largest absolute Gasteiger partial charge is 0.333 e. The van der Waals surface area contributed by atoms with Crippen LogP contribution >= 0.6 is 0 Å². The van der Waals surface area contributed by atoms with E-state index in [0.29, 0.717) is 0 Å². The van der Waals surface area contributed by atoms with Crippen molar-refractivity contribution < 1.29 is 0 Å². The lowest BCUT2D eigenvalue weighted by atomic mass is 10.3. The van der Waals surface area contributed by atoms with Crippen molar-refractivity contribution in [3.05, 3.63) is 30.1 Å². The van der Waals surface area contributed by atoms with Gasteiger partial charge in [0.2, 0.25) is 0 Å². The van der Waals surface area contributed by atoms with Crippen molar-refractivity contribution in [2.24, 2.45) is 7.05 Å². The SMILES string of the molecule is CC.CCc1cc2cccnc2n1C. The van der Waals surface area contributed by atoms with Gasteiger partial charge in [-0.05, 0) is 24.6 Å². The van der Waals surface area contributed by atoms with Crippen LogP contribution in [0.15, 0.2) is 24.4 Å². The Morgan fingerprint density at radius 3 is 2.64 bits per heavy atom. The molecule has 0 fully saturated rings. The van der Waals surface area contributed by atoms with Gasteiger partial charge in [-0.1, -0.05) is 20.8 Å². The number of aryl methyl sites for hydroxylation is 2. The number of hydrogen-bond donors (Lipinski definition) is 0. The molecule has 76 valence electrons. The van der Waals surface area contributed by atoms with E-state index < -0.39 is 0 Å². The van der Waals surface area contributed by atoms with Gasteiger partial charge < -0.3 is 4.57 Å². The maximum atomic E-state index is 4.31. The van der Waals surface area contributed by atoms with Crippen LogP contribution in [0.25, 0.3) is 11.0 Å². The van der Waals surface area contributed by atoms with E-state index in [9.17, 15) is 0 Å². The topological polar surface area (TPSA) is 17.8 Å². The number of aromatic nitrogens is 2. The second-order valence-electron chi connectivity index (χ2n) is 2.96. The monoisotopic (exact) mass is 190 g/mol. The van der Waals surface area contributed by atoms with Crippen LogP contribution in [0.4, 0.5) is 0 Å². The number of nitrogens with zero attached hydrogens (tertiary/aromatic N) is 2. The van der Waals surface area contributed by atoms with E-state index in [1.165, 1.54) is 11.1 Å². The van der Waals surface area contributed by atoms with Crippen molar-refractivity contribution in [2.75, 3.05) is 0 Å². The summed E-state index contributed by atoms with van der Waals surface area (Å²) in [5.74, 6) is 0. The summed E-state index contributed by atoms with van der Waals surface area (Å²) in [4.78, 5) is 4.31.